The molecule has 3 rings (SSSR count). The average Bonchev–Trinajstić information content (AvgIpc) is 2.78. The van der Waals surface area contributed by atoms with Crippen molar-refractivity contribution in [1.82, 2.24) is 0 Å². The maximum atomic E-state index is 11.9. The van der Waals surface area contributed by atoms with E-state index in [0.717, 1.165) is 24.7 Å². The summed E-state index contributed by atoms with van der Waals surface area (Å²) in [5.41, 5.74) is 1.08. The fourth-order valence-electron chi connectivity index (χ4n) is 5.18. The van der Waals surface area contributed by atoms with Crippen molar-refractivity contribution in [2.24, 2.45) is 17.3 Å². The normalized spacial score (nSPS) is 45.2. The number of aldehydes is 1. The monoisotopic (exact) mass is 322 g/mol. The Kier molecular flexibility index (Phi) is 3.92. The standard InChI is InChI=1S/C18H26O5/c1-10-6-7-13(21-9-20)18(5)12(8-19)11(2)15-16(14(10)18)23-17(3,4)22-15/h8-10,13-16H,6-7H2,1-5H3/t10-,13+,14-,15-,16+,18+/m1/s1. The first-order valence-electron chi connectivity index (χ1n) is 8.37. The number of carbonyl (C=O) groups is 2. The number of rotatable bonds is 3. The molecule has 23 heavy (non-hydrogen) atoms. The summed E-state index contributed by atoms with van der Waals surface area (Å²) in [6, 6.07) is 0. The average molecular weight is 322 g/mol. The lowest BCUT2D eigenvalue weighted by Gasteiger charge is -2.55. The number of fused-ring (bicyclic) bond motifs is 3. The zero-order chi connectivity index (χ0) is 17.0. The molecule has 0 bridgehead atoms. The van der Waals surface area contributed by atoms with E-state index in [1.54, 1.807) is 0 Å². The molecule has 128 valence electrons. The van der Waals surface area contributed by atoms with E-state index in [4.69, 9.17) is 14.2 Å². The predicted molar refractivity (Wildman–Crippen MR) is 83.5 cm³/mol. The molecule has 5 nitrogen and oxygen atoms in total. The van der Waals surface area contributed by atoms with Gasteiger partial charge in [0.25, 0.3) is 6.47 Å². The Morgan fingerprint density at radius 2 is 1.87 bits per heavy atom. The van der Waals surface area contributed by atoms with Gasteiger partial charge in [-0.1, -0.05) is 13.8 Å². The summed E-state index contributed by atoms with van der Waals surface area (Å²) in [5.74, 6) is -0.231. The van der Waals surface area contributed by atoms with Crippen LogP contribution >= 0.6 is 0 Å². The van der Waals surface area contributed by atoms with Crippen molar-refractivity contribution in [2.45, 2.75) is 71.6 Å². The van der Waals surface area contributed by atoms with E-state index >= 15 is 0 Å². The molecule has 1 saturated heterocycles. The molecular weight excluding hydrogens is 296 g/mol. The first-order valence-corrected chi connectivity index (χ1v) is 8.37. The van der Waals surface area contributed by atoms with Crippen LogP contribution in [0, 0.1) is 17.3 Å². The molecule has 6 atom stereocenters. The highest BCUT2D eigenvalue weighted by atomic mass is 16.8. The van der Waals surface area contributed by atoms with Crippen LogP contribution in [0.25, 0.3) is 0 Å². The van der Waals surface area contributed by atoms with Crippen LogP contribution in [0.2, 0.25) is 0 Å². The van der Waals surface area contributed by atoms with Crippen molar-refractivity contribution in [3.05, 3.63) is 11.1 Å². The molecule has 2 fully saturated rings. The summed E-state index contributed by atoms with van der Waals surface area (Å²) in [5, 5.41) is 0. The predicted octanol–water partition coefficient (Wildman–Crippen LogP) is 2.63. The number of carbonyl (C=O) groups excluding carboxylic acids is 2. The molecule has 5 heteroatoms. The zero-order valence-electron chi connectivity index (χ0n) is 14.5. The summed E-state index contributed by atoms with van der Waals surface area (Å²) in [7, 11) is 0. The zero-order valence-corrected chi connectivity index (χ0v) is 14.5. The Morgan fingerprint density at radius 3 is 2.48 bits per heavy atom. The van der Waals surface area contributed by atoms with Crippen molar-refractivity contribution >= 4 is 12.8 Å². The Balaban J connectivity index is 2.15. The summed E-state index contributed by atoms with van der Waals surface area (Å²) in [6.07, 6.45) is 2.00. The molecule has 0 radical (unpaired) electrons. The van der Waals surface area contributed by atoms with Gasteiger partial charge in [-0.3, -0.25) is 9.59 Å². The summed E-state index contributed by atoms with van der Waals surface area (Å²) in [4.78, 5) is 22.9. The highest BCUT2D eigenvalue weighted by Gasteiger charge is 2.62. The molecule has 3 aliphatic rings. The topological polar surface area (TPSA) is 61.8 Å². The van der Waals surface area contributed by atoms with Crippen LogP contribution in [0.1, 0.15) is 47.5 Å². The van der Waals surface area contributed by atoms with Crippen LogP contribution in [0.5, 0.6) is 0 Å². The minimum Gasteiger partial charge on any atom is -0.464 e. The summed E-state index contributed by atoms with van der Waals surface area (Å²) in [6.45, 7) is 10.5. The van der Waals surface area contributed by atoms with E-state index in [1.165, 1.54) is 0 Å². The minimum absolute atomic E-state index is 0.0804. The van der Waals surface area contributed by atoms with Crippen LogP contribution in [0.15, 0.2) is 11.1 Å². The van der Waals surface area contributed by atoms with Crippen LogP contribution < -0.4 is 0 Å². The third-order valence-corrected chi connectivity index (χ3v) is 6.11. The van der Waals surface area contributed by atoms with Gasteiger partial charge in [-0.25, -0.2) is 0 Å². The van der Waals surface area contributed by atoms with E-state index in [0.29, 0.717) is 18.0 Å². The number of hydrogen-bond acceptors (Lipinski definition) is 5. The first-order chi connectivity index (χ1) is 10.8. The fourth-order valence-corrected chi connectivity index (χ4v) is 5.18. The van der Waals surface area contributed by atoms with Gasteiger partial charge in [0.2, 0.25) is 0 Å². The number of hydrogen-bond donors (Lipinski definition) is 0. The van der Waals surface area contributed by atoms with Gasteiger partial charge in [0.15, 0.2) is 5.79 Å². The molecule has 0 aromatic carbocycles. The molecule has 1 heterocycles. The van der Waals surface area contributed by atoms with Crippen LogP contribution in [0.3, 0.4) is 0 Å². The molecule has 0 aromatic rings. The summed E-state index contributed by atoms with van der Waals surface area (Å²) >= 11 is 0. The van der Waals surface area contributed by atoms with Crippen LogP contribution in [-0.2, 0) is 23.8 Å². The van der Waals surface area contributed by atoms with Crippen molar-refractivity contribution in [1.29, 1.82) is 0 Å². The largest absolute Gasteiger partial charge is 0.464 e. The van der Waals surface area contributed by atoms with Gasteiger partial charge in [-0.15, -0.1) is 0 Å². The molecule has 1 aliphatic heterocycles. The maximum Gasteiger partial charge on any atom is 0.293 e. The van der Waals surface area contributed by atoms with Crippen molar-refractivity contribution in [2.75, 3.05) is 0 Å². The Morgan fingerprint density at radius 1 is 1.17 bits per heavy atom. The maximum absolute atomic E-state index is 11.9. The van der Waals surface area contributed by atoms with Crippen LogP contribution in [-0.4, -0.2) is 36.9 Å². The lowest BCUT2D eigenvalue weighted by atomic mass is 9.52. The third kappa shape index (κ3) is 2.28. The third-order valence-electron chi connectivity index (χ3n) is 6.11. The Hall–Kier alpha value is -1.20. The lowest BCUT2D eigenvalue weighted by molar-refractivity contribution is -0.173. The lowest BCUT2D eigenvalue weighted by Crippen LogP contribution is -2.58. The highest BCUT2D eigenvalue weighted by Crippen LogP contribution is 2.58. The van der Waals surface area contributed by atoms with Crippen molar-refractivity contribution < 1.29 is 23.8 Å². The molecule has 2 aliphatic carbocycles. The Bertz CT molecular complexity index is 552. The molecule has 0 amide bonds. The van der Waals surface area contributed by atoms with Gasteiger partial charge in [0.1, 0.15) is 18.5 Å². The van der Waals surface area contributed by atoms with Gasteiger partial charge < -0.3 is 14.2 Å². The van der Waals surface area contributed by atoms with E-state index in [2.05, 4.69) is 6.92 Å². The summed E-state index contributed by atoms with van der Waals surface area (Å²) < 4.78 is 17.7. The van der Waals surface area contributed by atoms with Gasteiger partial charge >= 0.3 is 0 Å². The van der Waals surface area contributed by atoms with Gasteiger partial charge in [0.05, 0.1) is 6.10 Å². The molecular formula is C18H26O5. The molecule has 0 N–H and O–H groups in total. The van der Waals surface area contributed by atoms with Crippen LogP contribution in [0.4, 0.5) is 0 Å². The first kappa shape index (κ1) is 16.7. The van der Waals surface area contributed by atoms with Gasteiger partial charge in [0, 0.05) is 16.9 Å². The second-order valence-corrected chi connectivity index (χ2v) is 7.82. The number of ether oxygens (including phenoxy) is 3. The fraction of sp³-hybridized carbons (Fsp3) is 0.778. The molecule has 1 saturated carbocycles. The van der Waals surface area contributed by atoms with Crippen molar-refractivity contribution in [3.63, 3.8) is 0 Å². The minimum atomic E-state index is -0.673. The highest BCUT2D eigenvalue weighted by molar-refractivity contribution is 5.78. The van der Waals surface area contributed by atoms with E-state index < -0.39 is 11.2 Å². The molecule has 0 spiro atoms. The van der Waals surface area contributed by atoms with E-state index in [1.807, 2.05) is 27.7 Å². The quantitative estimate of drug-likeness (QED) is 0.748. The van der Waals surface area contributed by atoms with Crippen molar-refractivity contribution in [3.8, 4) is 0 Å². The second-order valence-electron chi connectivity index (χ2n) is 7.82. The van der Waals surface area contributed by atoms with Gasteiger partial charge in [-0.2, -0.15) is 0 Å². The van der Waals surface area contributed by atoms with Gasteiger partial charge in [-0.05, 0) is 45.1 Å². The SMILES string of the molecule is CC1=C(C=O)[C@]2(C)[C@@H]([C@@H]3OC(C)(C)O[C@H]13)[C@H](C)CC[C@@H]2OC=O. The second kappa shape index (κ2) is 5.42. The molecule has 0 aromatic heterocycles. The Labute approximate surface area is 137 Å². The molecule has 0 unspecified atom stereocenters. The van der Waals surface area contributed by atoms with E-state index in [9.17, 15) is 9.59 Å². The smallest absolute Gasteiger partial charge is 0.293 e. The van der Waals surface area contributed by atoms with E-state index in [-0.39, 0.29) is 24.2 Å².